The first-order chi connectivity index (χ1) is 14.0. The molecule has 1 aliphatic carbocycles. The predicted molar refractivity (Wildman–Crippen MR) is 129 cm³/mol. The molecule has 2 amide bonds. The first-order valence-corrected chi connectivity index (χ1v) is 11.1. The molecule has 2 fully saturated rings. The highest BCUT2D eigenvalue weighted by molar-refractivity contribution is 5.96. The van der Waals surface area contributed by atoms with Crippen molar-refractivity contribution in [2.75, 3.05) is 44.2 Å². The summed E-state index contributed by atoms with van der Waals surface area (Å²) in [6.45, 7) is 6.13. The molecular formula is C23H36Cl2N4O2. The lowest BCUT2D eigenvalue weighted by molar-refractivity contribution is -0.140. The van der Waals surface area contributed by atoms with E-state index in [-0.39, 0.29) is 48.1 Å². The van der Waals surface area contributed by atoms with Gasteiger partial charge in [-0.25, -0.2) is 0 Å². The van der Waals surface area contributed by atoms with Crippen LogP contribution in [0.25, 0.3) is 0 Å². The van der Waals surface area contributed by atoms with Crippen LogP contribution in [0.4, 0.5) is 5.69 Å². The Morgan fingerprint density at radius 1 is 1.03 bits per heavy atom. The van der Waals surface area contributed by atoms with Gasteiger partial charge in [-0.15, -0.1) is 24.8 Å². The quantitative estimate of drug-likeness (QED) is 0.736. The predicted octanol–water partition coefficient (Wildman–Crippen LogP) is 2.86. The Hall–Kier alpha value is -1.34. The van der Waals surface area contributed by atoms with Crippen molar-refractivity contribution in [1.29, 1.82) is 0 Å². The van der Waals surface area contributed by atoms with Crippen molar-refractivity contribution >= 4 is 42.3 Å². The van der Waals surface area contributed by atoms with Crippen LogP contribution >= 0.6 is 24.8 Å². The van der Waals surface area contributed by atoms with Gasteiger partial charge in [-0.2, -0.15) is 0 Å². The van der Waals surface area contributed by atoms with Gasteiger partial charge in [0, 0.05) is 44.0 Å². The number of nitrogens with zero attached hydrogens (tertiary/aromatic N) is 3. The molecule has 31 heavy (non-hydrogen) atoms. The van der Waals surface area contributed by atoms with Crippen molar-refractivity contribution in [3.05, 3.63) is 29.8 Å². The number of carbonyl (C=O) groups is 2. The molecule has 1 aromatic carbocycles. The number of halogens is 2. The van der Waals surface area contributed by atoms with Crippen LogP contribution in [0.2, 0.25) is 0 Å². The number of rotatable bonds is 3. The Kier molecular flexibility index (Phi) is 9.19. The monoisotopic (exact) mass is 470 g/mol. The number of piperazine rings is 1. The van der Waals surface area contributed by atoms with E-state index in [0.29, 0.717) is 19.6 Å². The van der Waals surface area contributed by atoms with Crippen LogP contribution in [0.15, 0.2) is 24.3 Å². The fourth-order valence-corrected chi connectivity index (χ4v) is 5.18. The Labute approximate surface area is 198 Å². The fourth-order valence-electron chi connectivity index (χ4n) is 5.18. The van der Waals surface area contributed by atoms with E-state index in [2.05, 4.69) is 17.0 Å². The molecule has 0 radical (unpaired) electrons. The number of amides is 2. The first-order valence-electron chi connectivity index (χ1n) is 11.1. The second-order valence-electron chi connectivity index (χ2n) is 9.18. The van der Waals surface area contributed by atoms with Gasteiger partial charge in [-0.3, -0.25) is 14.5 Å². The second-order valence-corrected chi connectivity index (χ2v) is 9.18. The number of hydrogen-bond donors (Lipinski definition) is 1. The van der Waals surface area contributed by atoms with Gasteiger partial charge in [0.25, 0.3) is 0 Å². The molecule has 2 unspecified atom stereocenters. The van der Waals surface area contributed by atoms with Gasteiger partial charge in [0.2, 0.25) is 11.8 Å². The van der Waals surface area contributed by atoms with Crippen molar-refractivity contribution < 1.29 is 9.59 Å². The summed E-state index contributed by atoms with van der Waals surface area (Å²) in [7, 11) is 0. The van der Waals surface area contributed by atoms with Crippen LogP contribution in [0.5, 0.6) is 0 Å². The molecular weight excluding hydrogens is 435 g/mol. The van der Waals surface area contributed by atoms with Crippen molar-refractivity contribution in [2.45, 2.75) is 51.0 Å². The summed E-state index contributed by atoms with van der Waals surface area (Å²) < 4.78 is 0. The van der Waals surface area contributed by atoms with Crippen LogP contribution < -0.4 is 10.6 Å². The molecule has 6 nitrogen and oxygen atoms in total. The zero-order valence-corrected chi connectivity index (χ0v) is 20.1. The highest BCUT2D eigenvalue weighted by Gasteiger charge is 2.40. The fraction of sp³-hybridized carbons (Fsp3) is 0.652. The number of benzene rings is 1. The van der Waals surface area contributed by atoms with E-state index < -0.39 is 0 Å². The van der Waals surface area contributed by atoms with Crippen molar-refractivity contribution in [1.82, 2.24) is 9.80 Å². The number of carbonyl (C=O) groups excluding carboxylic acids is 2. The zero-order chi connectivity index (χ0) is 20.4. The molecule has 1 saturated heterocycles. The lowest BCUT2D eigenvalue weighted by Crippen LogP contribution is -2.58. The molecule has 0 spiro atoms. The van der Waals surface area contributed by atoms with E-state index in [1.54, 1.807) is 0 Å². The van der Waals surface area contributed by atoms with Crippen LogP contribution in [-0.2, 0) is 16.0 Å². The van der Waals surface area contributed by atoms with Crippen LogP contribution in [0.3, 0.4) is 0 Å². The number of para-hydroxylation sites is 1. The summed E-state index contributed by atoms with van der Waals surface area (Å²) in [4.78, 5) is 32.1. The van der Waals surface area contributed by atoms with Crippen molar-refractivity contribution in [2.24, 2.45) is 11.7 Å². The van der Waals surface area contributed by atoms with Crippen molar-refractivity contribution in [3.8, 4) is 0 Å². The standard InChI is InChI=1S/C23H34N4O2.2ClH/c1-23(24)11-5-4-9-19(23)22(29)26-15-13-25(14-16-26)17-21(28)27-12-6-8-18-7-2-3-10-20(18)27;;/h2-3,7,10,19H,4-6,8-9,11-17,24H2,1H3;2*1H. The smallest absolute Gasteiger partial charge is 0.241 e. The van der Waals surface area contributed by atoms with E-state index >= 15 is 0 Å². The molecule has 2 N–H and O–H groups in total. The average molecular weight is 471 g/mol. The van der Waals surface area contributed by atoms with E-state index in [9.17, 15) is 9.59 Å². The molecule has 174 valence electrons. The Morgan fingerprint density at radius 2 is 1.74 bits per heavy atom. The van der Waals surface area contributed by atoms with Crippen LogP contribution in [0.1, 0.15) is 44.6 Å². The summed E-state index contributed by atoms with van der Waals surface area (Å²) in [6.07, 6.45) is 6.10. The SMILES string of the molecule is CC1(N)CCCCC1C(=O)N1CCN(CC(=O)N2CCCc3ccccc32)CC1.Cl.Cl. The molecule has 8 heteroatoms. The summed E-state index contributed by atoms with van der Waals surface area (Å²) in [5.74, 6) is 0.318. The van der Waals surface area contributed by atoms with Gasteiger partial charge < -0.3 is 15.5 Å². The second kappa shape index (κ2) is 11.0. The molecule has 1 aromatic rings. The molecule has 1 saturated carbocycles. The molecule has 2 heterocycles. The van der Waals surface area contributed by atoms with Gasteiger partial charge >= 0.3 is 0 Å². The third-order valence-electron chi connectivity index (χ3n) is 7.01. The minimum absolute atomic E-state index is 0. The summed E-state index contributed by atoms with van der Waals surface area (Å²) >= 11 is 0. The van der Waals surface area contributed by atoms with Gasteiger partial charge in [-0.1, -0.05) is 31.0 Å². The molecule has 0 aromatic heterocycles. The highest BCUT2D eigenvalue weighted by atomic mass is 35.5. The van der Waals surface area contributed by atoms with Gasteiger partial charge in [0.15, 0.2) is 0 Å². The van der Waals surface area contributed by atoms with Gasteiger partial charge in [0.1, 0.15) is 0 Å². The maximum Gasteiger partial charge on any atom is 0.241 e. The summed E-state index contributed by atoms with van der Waals surface area (Å²) in [6, 6.07) is 8.22. The van der Waals surface area contributed by atoms with E-state index in [4.69, 9.17) is 5.73 Å². The van der Waals surface area contributed by atoms with Crippen LogP contribution in [0, 0.1) is 5.92 Å². The average Bonchev–Trinajstić information content (AvgIpc) is 2.73. The molecule has 2 atom stereocenters. The summed E-state index contributed by atoms with van der Waals surface area (Å²) in [5.41, 5.74) is 8.38. The molecule has 4 rings (SSSR count). The number of fused-ring (bicyclic) bond motifs is 1. The van der Waals surface area contributed by atoms with Crippen molar-refractivity contribution in [3.63, 3.8) is 0 Å². The van der Waals surface area contributed by atoms with Gasteiger partial charge in [-0.05, 0) is 44.2 Å². The minimum atomic E-state index is -0.385. The third kappa shape index (κ3) is 5.72. The number of hydrogen-bond acceptors (Lipinski definition) is 4. The summed E-state index contributed by atoms with van der Waals surface area (Å²) in [5, 5.41) is 0. The molecule has 0 bridgehead atoms. The first kappa shape index (κ1) is 25.9. The zero-order valence-electron chi connectivity index (χ0n) is 18.4. The van der Waals surface area contributed by atoms with Crippen LogP contribution in [-0.4, -0.2) is 66.4 Å². The maximum atomic E-state index is 13.0. The Balaban J connectivity index is 0.00000171. The Bertz CT molecular complexity index is 766. The number of anilines is 1. The van der Waals surface area contributed by atoms with E-state index in [1.807, 2.05) is 28.9 Å². The van der Waals surface area contributed by atoms with Gasteiger partial charge in [0.05, 0.1) is 12.5 Å². The topological polar surface area (TPSA) is 69.9 Å². The third-order valence-corrected chi connectivity index (χ3v) is 7.01. The lowest BCUT2D eigenvalue weighted by atomic mass is 9.74. The van der Waals surface area contributed by atoms with E-state index in [1.165, 1.54) is 5.56 Å². The number of aryl methyl sites for hydroxylation is 1. The maximum absolute atomic E-state index is 13.0. The Morgan fingerprint density at radius 3 is 2.45 bits per heavy atom. The minimum Gasteiger partial charge on any atom is -0.340 e. The van der Waals surface area contributed by atoms with E-state index in [0.717, 1.165) is 63.8 Å². The molecule has 3 aliphatic rings. The lowest BCUT2D eigenvalue weighted by Gasteiger charge is -2.42. The highest BCUT2D eigenvalue weighted by Crippen LogP contribution is 2.33. The number of nitrogens with two attached hydrogens (primary N) is 1. The normalized spacial score (nSPS) is 26.3. The largest absolute Gasteiger partial charge is 0.340 e. The molecule has 2 aliphatic heterocycles.